The van der Waals surface area contributed by atoms with Crippen LogP contribution >= 0.6 is 0 Å². The quantitative estimate of drug-likeness (QED) is 0.820. The van der Waals surface area contributed by atoms with Gasteiger partial charge in [-0.3, -0.25) is 4.79 Å². The fourth-order valence-electron chi connectivity index (χ4n) is 2.07. The van der Waals surface area contributed by atoms with Crippen LogP contribution in [0.25, 0.3) is 0 Å². The molecule has 0 bridgehead atoms. The van der Waals surface area contributed by atoms with Gasteiger partial charge in [-0.1, -0.05) is 30.3 Å². The lowest BCUT2D eigenvalue weighted by atomic mass is 10.1. The maximum atomic E-state index is 13.3. The van der Waals surface area contributed by atoms with Crippen LogP contribution in [0.1, 0.15) is 15.9 Å². The number of rotatable bonds is 6. The molecule has 0 saturated carbocycles. The average Bonchev–Trinajstić information content (AvgIpc) is 2.54. The molecule has 0 unspecified atom stereocenters. The van der Waals surface area contributed by atoms with Gasteiger partial charge < -0.3 is 9.64 Å². The second-order valence-electron chi connectivity index (χ2n) is 4.83. The lowest BCUT2D eigenvalue weighted by Gasteiger charge is -2.22. The number of hydrogen-bond donors (Lipinski definition) is 0. The third kappa shape index (κ3) is 4.11. The molecule has 0 aliphatic rings. The molecule has 116 valence electrons. The first-order valence-corrected chi connectivity index (χ1v) is 6.89. The van der Waals surface area contributed by atoms with Gasteiger partial charge in [0.15, 0.2) is 11.6 Å². The first-order chi connectivity index (χ1) is 10.6. The zero-order valence-electron chi connectivity index (χ0n) is 12.3. The highest BCUT2D eigenvalue weighted by molar-refractivity contribution is 5.94. The highest BCUT2D eigenvalue weighted by Crippen LogP contribution is 2.13. The van der Waals surface area contributed by atoms with Gasteiger partial charge in [0.25, 0.3) is 5.91 Å². The first kappa shape index (κ1) is 16.1. The zero-order chi connectivity index (χ0) is 15.9. The van der Waals surface area contributed by atoms with Crippen molar-refractivity contribution in [2.24, 2.45) is 0 Å². The summed E-state index contributed by atoms with van der Waals surface area (Å²) in [6.45, 7) is 1.10. The number of methoxy groups -OCH3 is 1. The Morgan fingerprint density at radius 1 is 1.09 bits per heavy atom. The SMILES string of the molecule is COCCN(Cc1ccccc1)C(=O)c1ccc(F)c(F)c1. The molecule has 0 aliphatic carbocycles. The molecule has 2 aromatic rings. The van der Waals surface area contributed by atoms with E-state index in [0.29, 0.717) is 19.7 Å². The maximum absolute atomic E-state index is 13.3. The van der Waals surface area contributed by atoms with Crippen LogP contribution in [-0.4, -0.2) is 31.1 Å². The number of carbonyl (C=O) groups is 1. The van der Waals surface area contributed by atoms with E-state index in [1.54, 1.807) is 12.0 Å². The van der Waals surface area contributed by atoms with Crippen LogP contribution in [0.15, 0.2) is 48.5 Å². The topological polar surface area (TPSA) is 29.5 Å². The minimum Gasteiger partial charge on any atom is -0.383 e. The minimum absolute atomic E-state index is 0.117. The van der Waals surface area contributed by atoms with Crippen LogP contribution in [0.3, 0.4) is 0 Å². The molecule has 0 heterocycles. The van der Waals surface area contributed by atoms with E-state index in [0.717, 1.165) is 17.7 Å². The number of benzene rings is 2. The van der Waals surface area contributed by atoms with E-state index in [-0.39, 0.29) is 11.5 Å². The summed E-state index contributed by atoms with van der Waals surface area (Å²) in [5, 5.41) is 0. The largest absolute Gasteiger partial charge is 0.383 e. The Kier molecular flexibility index (Phi) is 5.61. The van der Waals surface area contributed by atoms with Gasteiger partial charge in [0.1, 0.15) is 0 Å². The highest BCUT2D eigenvalue weighted by Gasteiger charge is 2.17. The van der Waals surface area contributed by atoms with E-state index in [4.69, 9.17) is 4.74 Å². The molecule has 2 aromatic carbocycles. The van der Waals surface area contributed by atoms with Crippen molar-refractivity contribution in [3.8, 4) is 0 Å². The molecule has 0 aromatic heterocycles. The number of hydrogen-bond acceptors (Lipinski definition) is 2. The Morgan fingerprint density at radius 2 is 1.82 bits per heavy atom. The summed E-state index contributed by atoms with van der Waals surface area (Å²) in [5.74, 6) is -2.36. The van der Waals surface area contributed by atoms with Crippen molar-refractivity contribution in [2.75, 3.05) is 20.3 Å². The molecule has 0 aliphatic heterocycles. The van der Waals surface area contributed by atoms with Crippen molar-refractivity contribution >= 4 is 5.91 Å². The fraction of sp³-hybridized carbons (Fsp3) is 0.235. The molecule has 0 saturated heterocycles. The van der Waals surface area contributed by atoms with E-state index in [1.807, 2.05) is 30.3 Å². The van der Waals surface area contributed by atoms with E-state index in [9.17, 15) is 13.6 Å². The summed E-state index contributed by atoms with van der Waals surface area (Å²) < 4.78 is 31.3. The Morgan fingerprint density at radius 3 is 2.45 bits per heavy atom. The molecule has 1 amide bonds. The highest BCUT2D eigenvalue weighted by atomic mass is 19.2. The minimum atomic E-state index is -1.03. The Bertz CT molecular complexity index is 632. The summed E-state index contributed by atoms with van der Waals surface area (Å²) in [4.78, 5) is 14.0. The second kappa shape index (κ2) is 7.66. The number of nitrogens with zero attached hydrogens (tertiary/aromatic N) is 1. The molecule has 0 radical (unpaired) electrons. The molecule has 0 fully saturated rings. The third-order valence-corrected chi connectivity index (χ3v) is 3.24. The summed E-state index contributed by atoms with van der Waals surface area (Å²) in [5.41, 5.74) is 1.07. The number of carbonyl (C=O) groups excluding carboxylic acids is 1. The third-order valence-electron chi connectivity index (χ3n) is 3.24. The predicted octanol–water partition coefficient (Wildman–Crippen LogP) is 3.25. The van der Waals surface area contributed by atoms with Gasteiger partial charge in [0.05, 0.1) is 6.61 Å². The first-order valence-electron chi connectivity index (χ1n) is 6.89. The maximum Gasteiger partial charge on any atom is 0.254 e. The van der Waals surface area contributed by atoms with Crippen molar-refractivity contribution in [1.29, 1.82) is 0 Å². The lowest BCUT2D eigenvalue weighted by molar-refractivity contribution is 0.0680. The van der Waals surface area contributed by atoms with Crippen molar-refractivity contribution < 1.29 is 18.3 Å². The summed E-state index contributed by atoms with van der Waals surface area (Å²) >= 11 is 0. The number of halogens is 2. The van der Waals surface area contributed by atoms with Crippen molar-refractivity contribution in [2.45, 2.75) is 6.54 Å². The van der Waals surface area contributed by atoms with Crippen LogP contribution in [0.2, 0.25) is 0 Å². The van der Waals surface area contributed by atoms with Crippen molar-refractivity contribution in [3.05, 3.63) is 71.3 Å². The standard InChI is InChI=1S/C17H17F2NO2/c1-22-10-9-20(12-13-5-3-2-4-6-13)17(21)14-7-8-15(18)16(19)11-14/h2-8,11H,9-10,12H2,1H3. The van der Waals surface area contributed by atoms with Crippen molar-refractivity contribution in [1.82, 2.24) is 4.90 Å². The van der Waals surface area contributed by atoms with Gasteiger partial charge in [0, 0.05) is 25.8 Å². The van der Waals surface area contributed by atoms with Gasteiger partial charge >= 0.3 is 0 Å². The van der Waals surface area contributed by atoms with Gasteiger partial charge in [-0.2, -0.15) is 0 Å². The molecule has 5 heteroatoms. The predicted molar refractivity (Wildman–Crippen MR) is 79.4 cm³/mol. The molecule has 0 atom stereocenters. The van der Waals surface area contributed by atoms with Crippen molar-refractivity contribution in [3.63, 3.8) is 0 Å². The van der Waals surface area contributed by atoms with Crippen LogP contribution in [0, 0.1) is 11.6 Å². The number of amides is 1. The Balaban J connectivity index is 2.19. The zero-order valence-corrected chi connectivity index (χ0v) is 12.3. The molecular weight excluding hydrogens is 288 g/mol. The number of ether oxygens (including phenoxy) is 1. The van der Waals surface area contributed by atoms with Crippen LogP contribution in [0.5, 0.6) is 0 Å². The Hall–Kier alpha value is -2.27. The second-order valence-corrected chi connectivity index (χ2v) is 4.83. The van der Waals surface area contributed by atoms with E-state index >= 15 is 0 Å². The molecule has 2 rings (SSSR count). The fourth-order valence-corrected chi connectivity index (χ4v) is 2.07. The normalized spacial score (nSPS) is 10.5. The summed E-state index contributed by atoms with van der Waals surface area (Å²) in [6.07, 6.45) is 0. The van der Waals surface area contributed by atoms with Gasteiger partial charge in [0.2, 0.25) is 0 Å². The summed E-state index contributed by atoms with van der Waals surface area (Å²) in [6, 6.07) is 12.6. The molecular formula is C17H17F2NO2. The Labute approximate surface area is 128 Å². The molecule has 0 spiro atoms. The molecule has 22 heavy (non-hydrogen) atoms. The van der Waals surface area contributed by atoms with Crippen LogP contribution < -0.4 is 0 Å². The monoisotopic (exact) mass is 305 g/mol. The van der Waals surface area contributed by atoms with E-state index < -0.39 is 11.6 Å². The van der Waals surface area contributed by atoms with E-state index in [2.05, 4.69) is 0 Å². The molecule has 3 nitrogen and oxygen atoms in total. The summed E-state index contributed by atoms with van der Waals surface area (Å²) in [7, 11) is 1.54. The van der Waals surface area contributed by atoms with E-state index in [1.165, 1.54) is 6.07 Å². The van der Waals surface area contributed by atoms with Gasteiger partial charge in [-0.25, -0.2) is 8.78 Å². The molecule has 0 N–H and O–H groups in total. The lowest BCUT2D eigenvalue weighted by Crippen LogP contribution is -2.33. The smallest absolute Gasteiger partial charge is 0.254 e. The van der Waals surface area contributed by atoms with Crippen LogP contribution in [-0.2, 0) is 11.3 Å². The average molecular weight is 305 g/mol. The van der Waals surface area contributed by atoms with Crippen LogP contribution in [0.4, 0.5) is 8.78 Å². The van der Waals surface area contributed by atoms with Gasteiger partial charge in [-0.05, 0) is 23.8 Å². The van der Waals surface area contributed by atoms with Gasteiger partial charge in [-0.15, -0.1) is 0 Å².